The van der Waals surface area contributed by atoms with E-state index in [0.29, 0.717) is 22.8 Å². The molecule has 0 atom stereocenters. The number of anilines is 1. The van der Waals surface area contributed by atoms with Crippen LogP contribution in [0.5, 0.6) is 5.75 Å². The number of nitrogens with one attached hydrogen (secondary N) is 1. The van der Waals surface area contributed by atoms with Crippen LogP contribution in [0, 0.1) is 0 Å². The number of para-hydroxylation sites is 2. The molecule has 0 aromatic heterocycles. The molecule has 0 aliphatic rings. The van der Waals surface area contributed by atoms with E-state index in [1.54, 1.807) is 19.2 Å². The molecule has 0 bridgehead atoms. The minimum absolute atomic E-state index is 0.127. The molecule has 4 nitrogen and oxygen atoms in total. The number of nitrogens with two attached hydrogens (primary N) is 1. The normalized spacial score (nSPS) is 9.56. The molecule has 0 aliphatic carbocycles. The predicted molar refractivity (Wildman–Crippen MR) is 67.6 cm³/mol. The van der Waals surface area contributed by atoms with Crippen molar-refractivity contribution in [1.29, 1.82) is 0 Å². The fraction of sp³-hybridized carbons (Fsp3) is 0.273. The SMILES string of the molecule is COc1ccccc1NC(=O)CCC(N)=S. The van der Waals surface area contributed by atoms with Gasteiger partial charge in [-0.1, -0.05) is 24.4 Å². The Morgan fingerprint density at radius 3 is 2.75 bits per heavy atom. The molecular formula is C11H14N2O2S. The van der Waals surface area contributed by atoms with Crippen molar-refractivity contribution >= 4 is 28.8 Å². The Kier molecular flexibility index (Phi) is 4.72. The standard InChI is InChI=1S/C11H14N2O2S/c1-15-9-5-3-2-4-8(9)13-11(14)7-6-10(12)16/h2-5H,6-7H2,1H3,(H2,12,16)(H,13,14). The molecule has 0 heterocycles. The van der Waals surface area contributed by atoms with E-state index in [1.807, 2.05) is 12.1 Å². The van der Waals surface area contributed by atoms with Crippen molar-refractivity contribution in [3.63, 3.8) is 0 Å². The zero-order valence-electron chi connectivity index (χ0n) is 9.03. The van der Waals surface area contributed by atoms with E-state index in [-0.39, 0.29) is 12.3 Å². The highest BCUT2D eigenvalue weighted by Crippen LogP contribution is 2.23. The Morgan fingerprint density at radius 1 is 1.44 bits per heavy atom. The third-order valence-electron chi connectivity index (χ3n) is 1.98. The Morgan fingerprint density at radius 2 is 2.12 bits per heavy atom. The van der Waals surface area contributed by atoms with Crippen molar-refractivity contribution in [3.8, 4) is 5.75 Å². The number of carbonyl (C=O) groups is 1. The van der Waals surface area contributed by atoms with Gasteiger partial charge in [-0.05, 0) is 12.1 Å². The zero-order valence-corrected chi connectivity index (χ0v) is 9.84. The van der Waals surface area contributed by atoms with Crippen LogP contribution in [0.25, 0.3) is 0 Å². The van der Waals surface area contributed by atoms with Crippen molar-refractivity contribution in [3.05, 3.63) is 24.3 Å². The summed E-state index contributed by atoms with van der Waals surface area (Å²) in [7, 11) is 1.56. The van der Waals surface area contributed by atoms with Gasteiger partial charge in [0.15, 0.2) is 0 Å². The summed E-state index contributed by atoms with van der Waals surface area (Å²) >= 11 is 4.70. The number of ether oxygens (including phenoxy) is 1. The molecule has 0 spiro atoms. The molecule has 0 saturated heterocycles. The van der Waals surface area contributed by atoms with Gasteiger partial charge in [-0.15, -0.1) is 0 Å². The predicted octanol–water partition coefficient (Wildman–Crippen LogP) is 1.70. The highest BCUT2D eigenvalue weighted by molar-refractivity contribution is 7.80. The van der Waals surface area contributed by atoms with Gasteiger partial charge in [-0.3, -0.25) is 4.79 Å². The molecule has 0 unspecified atom stereocenters. The zero-order chi connectivity index (χ0) is 12.0. The van der Waals surface area contributed by atoms with Gasteiger partial charge in [0.25, 0.3) is 0 Å². The van der Waals surface area contributed by atoms with Crippen molar-refractivity contribution < 1.29 is 9.53 Å². The van der Waals surface area contributed by atoms with Crippen molar-refractivity contribution in [2.24, 2.45) is 5.73 Å². The van der Waals surface area contributed by atoms with Gasteiger partial charge in [0, 0.05) is 12.8 Å². The quantitative estimate of drug-likeness (QED) is 0.766. The summed E-state index contributed by atoms with van der Waals surface area (Å²) < 4.78 is 5.11. The third-order valence-corrected chi connectivity index (χ3v) is 2.18. The van der Waals surface area contributed by atoms with Gasteiger partial charge in [-0.25, -0.2) is 0 Å². The molecule has 3 N–H and O–H groups in total. The van der Waals surface area contributed by atoms with Crippen LogP contribution >= 0.6 is 12.2 Å². The van der Waals surface area contributed by atoms with Crippen LogP contribution in [-0.2, 0) is 4.79 Å². The molecule has 1 aromatic rings. The van der Waals surface area contributed by atoms with Crippen LogP contribution in [0.3, 0.4) is 0 Å². The highest BCUT2D eigenvalue weighted by Gasteiger charge is 2.06. The molecule has 16 heavy (non-hydrogen) atoms. The van der Waals surface area contributed by atoms with Crippen molar-refractivity contribution in [2.75, 3.05) is 12.4 Å². The number of thiocarbonyl (C=S) groups is 1. The topological polar surface area (TPSA) is 64.3 Å². The van der Waals surface area contributed by atoms with Gasteiger partial charge in [0.1, 0.15) is 5.75 Å². The molecular weight excluding hydrogens is 224 g/mol. The Balaban J connectivity index is 2.58. The highest BCUT2D eigenvalue weighted by atomic mass is 32.1. The van der Waals surface area contributed by atoms with E-state index in [9.17, 15) is 4.79 Å². The summed E-state index contributed by atoms with van der Waals surface area (Å²) in [6.45, 7) is 0. The van der Waals surface area contributed by atoms with E-state index in [2.05, 4.69) is 5.32 Å². The number of hydrogen-bond acceptors (Lipinski definition) is 3. The summed E-state index contributed by atoms with van der Waals surface area (Å²) in [6.07, 6.45) is 0.698. The van der Waals surface area contributed by atoms with Gasteiger partial charge < -0.3 is 15.8 Å². The number of benzene rings is 1. The maximum absolute atomic E-state index is 11.5. The number of hydrogen-bond donors (Lipinski definition) is 2. The fourth-order valence-corrected chi connectivity index (χ4v) is 1.30. The first-order valence-electron chi connectivity index (χ1n) is 4.84. The van der Waals surface area contributed by atoms with E-state index >= 15 is 0 Å². The summed E-state index contributed by atoms with van der Waals surface area (Å²) in [6, 6.07) is 7.22. The molecule has 0 saturated carbocycles. The average molecular weight is 238 g/mol. The molecule has 0 aliphatic heterocycles. The lowest BCUT2D eigenvalue weighted by Gasteiger charge is -2.09. The summed E-state index contributed by atoms with van der Waals surface area (Å²) in [5.74, 6) is 0.503. The van der Waals surface area contributed by atoms with Crippen molar-refractivity contribution in [2.45, 2.75) is 12.8 Å². The molecule has 1 rings (SSSR count). The molecule has 1 amide bonds. The number of amides is 1. The maximum Gasteiger partial charge on any atom is 0.224 e. The van der Waals surface area contributed by atoms with E-state index in [0.717, 1.165) is 0 Å². The summed E-state index contributed by atoms with van der Waals surface area (Å²) in [5, 5.41) is 2.74. The second-order valence-corrected chi connectivity index (χ2v) is 3.74. The minimum atomic E-state index is -0.127. The van der Waals surface area contributed by atoms with Gasteiger partial charge in [0.2, 0.25) is 5.91 Å². The van der Waals surface area contributed by atoms with Crippen LogP contribution in [0.4, 0.5) is 5.69 Å². The van der Waals surface area contributed by atoms with Gasteiger partial charge in [-0.2, -0.15) is 0 Å². The van der Waals surface area contributed by atoms with Crippen LogP contribution in [0.2, 0.25) is 0 Å². The monoisotopic (exact) mass is 238 g/mol. The largest absolute Gasteiger partial charge is 0.495 e. The lowest BCUT2D eigenvalue weighted by Crippen LogP contribution is -2.16. The van der Waals surface area contributed by atoms with E-state index in [1.165, 1.54) is 0 Å². The average Bonchev–Trinajstić information content (AvgIpc) is 2.27. The van der Waals surface area contributed by atoms with Crippen LogP contribution in [0.1, 0.15) is 12.8 Å². The first kappa shape index (κ1) is 12.4. The fourth-order valence-electron chi connectivity index (χ4n) is 1.20. The summed E-state index contributed by atoms with van der Waals surface area (Å²) in [4.78, 5) is 11.8. The van der Waals surface area contributed by atoms with Gasteiger partial charge in [0.05, 0.1) is 17.8 Å². The Labute approximate surface area is 99.8 Å². The molecule has 0 fully saturated rings. The molecule has 1 aromatic carbocycles. The van der Waals surface area contributed by atoms with E-state index < -0.39 is 0 Å². The first-order chi connectivity index (χ1) is 7.63. The smallest absolute Gasteiger partial charge is 0.224 e. The molecule has 0 radical (unpaired) electrons. The van der Waals surface area contributed by atoms with Crippen LogP contribution in [-0.4, -0.2) is 18.0 Å². The first-order valence-corrected chi connectivity index (χ1v) is 5.25. The lowest BCUT2D eigenvalue weighted by molar-refractivity contribution is -0.116. The lowest BCUT2D eigenvalue weighted by atomic mass is 10.2. The van der Waals surface area contributed by atoms with Gasteiger partial charge >= 0.3 is 0 Å². The second-order valence-electron chi connectivity index (χ2n) is 3.21. The molecule has 5 heteroatoms. The Bertz CT molecular complexity index is 393. The van der Waals surface area contributed by atoms with Crippen molar-refractivity contribution in [1.82, 2.24) is 0 Å². The number of rotatable bonds is 5. The Hall–Kier alpha value is -1.62. The summed E-state index contributed by atoms with van der Waals surface area (Å²) in [5.41, 5.74) is 5.97. The van der Waals surface area contributed by atoms with Crippen LogP contribution < -0.4 is 15.8 Å². The van der Waals surface area contributed by atoms with Crippen LogP contribution in [0.15, 0.2) is 24.3 Å². The molecule has 86 valence electrons. The minimum Gasteiger partial charge on any atom is -0.495 e. The number of methoxy groups -OCH3 is 1. The second kappa shape index (κ2) is 6.07. The van der Waals surface area contributed by atoms with E-state index in [4.69, 9.17) is 22.7 Å². The maximum atomic E-state index is 11.5. The third kappa shape index (κ3) is 3.86. The number of carbonyl (C=O) groups excluding carboxylic acids is 1.